The number of piperidine rings is 1. The molecule has 6 nitrogen and oxygen atoms in total. The van der Waals surface area contributed by atoms with Crippen LogP contribution in [0.3, 0.4) is 0 Å². The Labute approximate surface area is 169 Å². The zero-order chi connectivity index (χ0) is 19.6. The molecule has 2 heterocycles. The van der Waals surface area contributed by atoms with Gasteiger partial charge in [0, 0.05) is 26.3 Å². The van der Waals surface area contributed by atoms with E-state index in [0.29, 0.717) is 24.0 Å². The highest BCUT2D eigenvalue weighted by Crippen LogP contribution is 2.28. The maximum atomic E-state index is 10.4. The molecule has 2 N–H and O–H groups in total. The first-order valence-electron chi connectivity index (χ1n) is 10.7. The predicted molar refractivity (Wildman–Crippen MR) is 110 cm³/mol. The van der Waals surface area contributed by atoms with Crippen LogP contribution in [0.15, 0.2) is 18.2 Å². The molecule has 0 aromatic heterocycles. The lowest BCUT2D eigenvalue weighted by Gasteiger charge is -2.28. The van der Waals surface area contributed by atoms with E-state index in [4.69, 9.17) is 14.2 Å². The molecule has 0 amide bonds. The van der Waals surface area contributed by atoms with Crippen molar-refractivity contribution < 1.29 is 19.3 Å². The second kappa shape index (κ2) is 11.6. The van der Waals surface area contributed by atoms with Crippen LogP contribution in [0.4, 0.5) is 0 Å². The van der Waals surface area contributed by atoms with E-state index >= 15 is 0 Å². The van der Waals surface area contributed by atoms with Gasteiger partial charge in [-0.25, -0.2) is 0 Å². The number of aliphatic hydroxyl groups is 1. The Kier molecular flexibility index (Phi) is 8.86. The molecule has 0 aliphatic carbocycles. The number of nitrogens with zero attached hydrogens (tertiary/aromatic N) is 1. The van der Waals surface area contributed by atoms with E-state index in [9.17, 15) is 5.11 Å². The highest BCUT2D eigenvalue weighted by molar-refractivity contribution is 5.43. The Morgan fingerprint density at radius 1 is 1.18 bits per heavy atom. The maximum Gasteiger partial charge on any atom is 0.161 e. The maximum absolute atomic E-state index is 10.4. The Bertz CT molecular complexity index is 572. The average molecular weight is 393 g/mol. The molecule has 0 bridgehead atoms. The number of rotatable bonds is 10. The van der Waals surface area contributed by atoms with Crippen molar-refractivity contribution in [2.45, 2.75) is 44.8 Å². The van der Waals surface area contributed by atoms with Crippen LogP contribution in [0.2, 0.25) is 0 Å². The van der Waals surface area contributed by atoms with Gasteiger partial charge in [-0.3, -0.25) is 0 Å². The van der Waals surface area contributed by atoms with E-state index in [1.54, 1.807) is 7.11 Å². The second-order valence-electron chi connectivity index (χ2n) is 8.00. The Balaban J connectivity index is 1.46. The minimum atomic E-state index is -0.488. The third-order valence-electron chi connectivity index (χ3n) is 5.68. The molecule has 0 spiro atoms. The summed E-state index contributed by atoms with van der Waals surface area (Å²) in [4.78, 5) is 2.32. The lowest BCUT2D eigenvalue weighted by Crippen LogP contribution is -2.38. The standard InChI is InChI=1S/C22H36N2O4/c1-26-21-6-5-19(15-23-14-18-7-11-27-12-8-18)13-22(21)28-17-20(25)16-24-9-3-2-4-10-24/h5-6,13,18,20,23,25H,2-4,7-12,14-17H2,1H3. The molecule has 0 radical (unpaired) electrons. The van der Waals surface area contributed by atoms with Gasteiger partial charge in [0.2, 0.25) is 0 Å². The summed E-state index contributed by atoms with van der Waals surface area (Å²) in [6, 6.07) is 6.02. The van der Waals surface area contributed by atoms with Gasteiger partial charge in [0.1, 0.15) is 12.7 Å². The number of hydrogen-bond donors (Lipinski definition) is 2. The first-order valence-corrected chi connectivity index (χ1v) is 10.7. The molecule has 2 fully saturated rings. The predicted octanol–water partition coefficient (Wildman–Crippen LogP) is 2.44. The van der Waals surface area contributed by atoms with Crippen LogP contribution >= 0.6 is 0 Å². The average Bonchev–Trinajstić information content (AvgIpc) is 2.74. The third-order valence-corrected chi connectivity index (χ3v) is 5.68. The van der Waals surface area contributed by atoms with Crippen molar-refractivity contribution in [2.24, 2.45) is 5.92 Å². The van der Waals surface area contributed by atoms with E-state index in [1.807, 2.05) is 12.1 Å². The lowest BCUT2D eigenvalue weighted by molar-refractivity contribution is 0.0608. The topological polar surface area (TPSA) is 63.2 Å². The van der Waals surface area contributed by atoms with Crippen molar-refractivity contribution in [2.75, 3.05) is 53.1 Å². The molecule has 2 saturated heterocycles. The highest BCUT2D eigenvalue weighted by Gasteiger charge is 2.16. The van der Waals surface area contributed by atoms with Gasteiger partial charge in [-0.15, -0.1) is 0 Å². The molecule has 1 aromatic carbocycles. The van der Waals surface area contributed by atoms with Crippen LogP contribution < -0.4 is 14.8 Å². The lowest BCUT2D eigenvalue weighted by atomic mass is 10.0. The first kappa shape index (κ1) is 21.4. The summed E-state index contributed by atoms with van der Waals surface area (Å²) in [5, 5.41) is 13.9. The van der Waals surface area contributed by atoms with E-state index < -0.39 is 6.10 Å². The fraction of sp³-hybridized carbons (Fsp3) is 0.727. The zero-order valence-corrected chi connectivity index (χ0v) is 17.2. The zero-order valence-electron chi connectivity index (χ0n) is 17.2. The van der Waals surface area contributed by atoms with Crippen LogP contribution in [-0.2, 0) is 11.3 Å². The fourth-order valence-electron chi connectivity index (χ4n) is 3.99. The summed E-state index contributed by atoms with van der Waals surface area (Å²) in [5.74, 6) is 2.11. The molecule has 1 aromatic rings. The van der Waals surface area contributed by atoms with Gasteiger partial charge < -0.3 is 29.5 Å². The van der Waals surface area contributed by atoms with E-state index in [2.05, 4.69) is 16.3 Å². The van der Waals surface area contributed by atoms with Gasteiger partial charge in [-0.05, 0) is 68.9 Å². The summed E-state index contributed by atoms with van der Waals surface area (Å²) < 4.78 is 16.8. The van der Waals surface area contributed by atoms with E-state index in [1.165, 1.54) is 19.3 Å². The minimum absolute atomic E-state index is 0.284. The number of benzene rings is 1. The van der Waals surface area contributed by atoms with Crippen molar-refractivity contribution in [1.82, 2.24) is 10.2 Å². The molecule has 3 rings (SSSR count). The summed E-state index contributed by atoms with van der Waals surface area (Å²) in [6.45, 7) is 6.69. The number of likely N-dealkylation sites (tertiary alicyclic amines) is 1. The number of nitrogens with one attached hydrogen (secondary N) is 1. The molecule has 2 aliphatic rings. The Hall–Kier alpha value is -1.34. The second-order valence-corrected chi connectivity index (χ2v) is 8.00. The molecular weight excluding hydrogens is 356 g/mol. The van der Waals surface area contributed by atoms with Crippen molar-refractivity contribution in [3.05, 3.63) is 23.8 Å². The van der Waals surface area contributed by atoms with Gasteiger partial charge in [-0.1, -0.05) is 12.5 Å². The number of ether oxygens (including phenoxy) is 3. The van der Waals surface area contributed by atoms with Crippen LogP contribution in [0.25, 0.3) is 0 Å². The smallest absolute Gasteiger partial charge is 0.161 e. The molecule has 1 unspecified atom stereocenters. The monoisotopic (exact) mass is 392 g/mol. The largest absolute Gasteiger partial charge is 0.493 e. The van der Waals surface area contributed by atoms with E-state index in [-0.39, 0.29) is 6.61 Å². The molecule has 6 heteroatoms. The van der Waals surface area contributed by atoms with Crippen LogP contribution in [0.1, 0.15) is 37.7 Å². The number of methoxy groups -OCH3 is 1. The summed E-state index contributed by atoms with van der Waals surface area (Å²) >= 11 is 0. The van der Waals surface area contributed by atoms with Crippen molar-refractivity contribution >= 4 is 0 Å². The van der Waals surface area contributed by atoms with Crippen LogP contribution in [0, 0.1) is 5.92 Å². The third kappa shape index (κ3) is 6.92. The first-order chi connectivity index (χ1) is 13.7. The summed E-state index contributed by atoms with van der Waals surface area (Å²) in [6.07, 6.45) is 5.54. The highest BCUT2D eigenvalue weighted by atomic mass is 16.5. The quantitative estimate of drug-likeness (QED) is 0.638. The normalized spacial score (nSPS) is 20.1. The van der Waals surface area contributed by atoms with E-state index in [0.717, 1.165) is 57.8 Å². The molecule has 1 atom stereocenters. The van der Waals surface area contributed by atoms with Crippen molar-refractivity contribution in [1.29, 1.82) is 0 Å². The SMILES string of the molecule is COc1ccc(CNCC2CCOCC2)cc1OCC(O)CN1CCCCC1. The molecule has 158 valence electrons. The van der Waals surface area contributed by atoms with Gasteiger partial charge >= 0.3 is 0 Å². The Morgan fingerprint density at radius 3 is 2.71 bits per heavy atom. The van der Waals surface area contributed by atoms with Crippen LogP contribution in [0.5, 0.6) is 11.5 Å². The Morgan fingerprint density at radius 2 is 1.96 bits per heavy atom. The van der Waals surface area contributed by atoms with Gasteiger partial charge in [0.15, 0.2) is 11.5 Å². The summed E-state index contributed by atoms with van der Waals surface area (Å²) in [7, 11) is 1.65. The van der Waals surface area contributed by atoms with Gasteiger partial charge in [0.05, 0.1) is 7.11 Å². The number of aliphatic hydroxyl groups excluding tert-OH is 1. The summed E-state index contributed by atoms with van der Waals surface area (Å²) in [5.41, 5.74) is 1.16. The molecular formula is C22H36N2O4. The van der Waals surface area contributed by atoms with Gasteiger partial charge in [0.25, 0.3) is 0 Å². The van der Waals surface area contributed by atoms with Gasteiger partial charge in [-0.2, -0.15) is 0 Å². The van der Waals surface area contributed by atoms with Crippen LogP contribution in [-0.4, -0.2) is 69.2 Å². The number of β-amino-alcohol motifs (C(OH)–C–C–N with tert-alkyl or cyclic N) is 1. The number of hydrogen-bond acceptors (Lipinski definition) is 6. The molecule has 28 heavy (non-hydrogen) atoms. The molecule has 0 saturated carbocycles. The fourth-order valence-corrected chi connectivity index (χ4v) is 3.99. The van der Waals surface area contributed by atoms with Crippen molar-refractivity contribution in [3.8, 4) is 11.5 Å². The minimum Gasteiger partial charge on any atom is -0.493 e. The van der Waals surface area contributed by atoms with Crippen molar-refractivity contribution in [3.63, 3.8) is 0 Å². The molecule has 2 aliphatic heterocycles.